The van der Waals surface area contributed by atoms with Crippen LogP contribution in [0.2, 0.25) is 0 Å². The number of aromatic nitrogens is 2. The van der Waals surface area contributed by atoms with E-state index in [9.17, 15) is 0 Å². The van der Waals surface area contributed by atoms with E-state index >= 15 is 0 Å². The Labute approximate surface area is 117 Å². The Morgan fingerprint density at radius 2 is 2.00 bits per heavy atom. The molecule has 0 saturated heterocycles. The van der Waals surface area contributed by atoms with Gasteiger partial charge >= 0.3 is 0 Å². The normalized spacial score (nSPS) is 13.7. The summed E-state index contributed by atoms with van der Waals surface area (Å²) in [5, 5.41) is 16.5. The first kappa shape index (κ1) is 12.2. The summed E-state index contributed by atoms with van der Waals surface area (Å²) in [6.45, 7) is 0. The van der Waals surface area contributed by atoms with Crippen molar-refractivity contribution in [2.24, 2.45) is 0 Å². The standard InChI is InChI=1S/C16H14N4/c17-12-13-6-8-14(9-7-13)18-16-10-11-20(19-16)15-4-2-1-3-5-15/h2,4-11H,1,3H2,(H,18,19). The van der Waals surface area contributed by atoms with Crippen molar-refractivity contribution >= 4 is 17.2 Å². The summed E-state index contributed by atoms with van der Waals surface area (Å²) in [6.07, 6.45) is 10.5. The Morgan fingerprint density at radius 1 is 1.15 bits per heavy atom. The van der Waals surface area contributed by atoms with Crippen molar-refractivity contribution in [3.63, 3.8) is 0 Å². The minimum Gasteiger partial charge on any atom is -0.339 e. The van der Waals surface area contributed by atoms with E-state index in [4.69, 9.17) is 5.26 Å². The van der Waals surface area contributed by atoms with Crippen molar-refractivity contribution in [3.05, 3.63) is 60.3 Å². The van der Waals surface area contributed by atoms with Gasteiger partial charge in [-0.25, -0.2) is 4.68 Å². The molecule has 3 rings (SSSR count). The lowest BCUT2D eigenvalue weighted by Gasteiger charge is -2.06. The molecule has 1 aromatic carbocycles. The summed E-state index contributed by atoms with van der Waals surface area (Å²) in [6, 6.07) is 11.3. The Morgan fingerprint density at radius 3 is 2.70 bits per heavy atom. The molecule has 0 unspecified atom stereocenters. The number of nitrogens with one attached hydrogen (secondary N) is 1. The molecule has 0 fully saturated rings. The molecule has 0 saturated carbocycles. The van der Waals surface area contributed by atoms with Gasteiger partial charge < -0.3 is 5.32 Å². The van der Waals surface area contributed by atoms with Gasteiger partial charge in [0.05, 0.1) is 17.3 Å². The van der Waals surface area contributed by atoms with E-state index in [1.165, 1.54) is 0 Å². The van der Waals surface area contributed by atoms with Crippen LogP contribution >= 0.6 is 0 Å². The Bertz CT molecular complexity index is 699. The second-order valence-corrected chi connectivity index (χ2v) is 4.57. The molecule has 1 aliphatic rings. The number of hydrogen-bond acceptors (Lipinski definition) is 3. The third-order valence-electron chi connectivity index (χ3n) is 3.12. The van der Waals surface area contributed by atoms with Crippen molar-refractivity contribution in [3.8, 4) is 6.07 Å². The summed E-state index contributed by atoms with van der Waals surface area (Å²) >= 11 is 0. The Kier molecular flexibility index (Phi) is 3.34. The van der Waals surface area contributed by atoms with E-state index in [0.29, 0.717) is 5.56 Å². The predicted octanol–water partition coefficient (Wildman–Crippen LogP) is 3.69. The van der Waals surface area contributed by atoms with Crippen LogP contribution in [0.1, 0.15) is 18.4 Å². The van der Waals surface area contributed by atoms with Crippen LogP contribution in [0.4, 0.5) is 11.5 Å². The smallest absolute Gasteiger partial charge is 0.152 e. The zero-order valence-electron chi connectivity index (χ0n) is 11.0. The van der Waals surface area contributed by atoms with Gasteiger partial charge in [0.1, 0.15) is 0 Å². The number of rotatable bonds is 3. The van der Waals surface area contributed by atoms with Crippen LogP contribution in [0.5, 0.6) is 0 Å². The molecule has 1 aliphatic carbocycles. The lowest BCUT2D eigenvalue weighted by Crippen LogP contribution is -1.99. The highest BCUT2D eigenvalue weighted by molar-refractivity contribution is 5.61. The zero-order chi connectivity index (χ0) is 13.8. The average molecular weight is 262 g/mol. The molecular formula is C16H14N4. The summed E-state index contributed by atoms with van der Waals surface area (Å²) in [5.41, 5.74) is 2.67. The molecule has 0 bridgehead atoms. The van der Waals surface area contributed by atoms with E-state index < -0.39 is 0 Å². The Hall–Kier alpha value is -2.80. The van der Waals surface area contributed by atoms with Crippen LogP contribution in [0.3, 0.4) is 0 Å². The van der Waals surface area contributed by atoms with E-state index in [-0.39, 0.29) is 0 Å². The highest BCUT2D eigenvalue weighted by atomic mass is 15.3. The molecule has 0 radical (unpaired) electrons. The van der Waals surface area contributed by atoms with Gasteiger partial charge in [0.15, 0.2) is 5.82 Å². The maximum Gasteiger partial charge on any atom is 0.152 e. The number of nitriles is 1. The molecular weight excluding hydrogens is 248 g/mol. The van der Waals surface area contributed by atoms with Gasteiger partial charge in [-0.1, -0.05) is 12.2 Å². The summed E-state index contributed by atoms with van der Waals surface area (Å²) < 4.78 is 1.86. The average Bonchev–Trinajstić information content (AvgIpc) is 2.97. The van der Waals surface area contributed by atoms with Gasteiger partial charge in [-0.05, 0) is 43.2 Å². The van der Waals surface area contributed by atoms with E-state index in [2.05, 4.69) is 34.7 Å². The van der Waals surface area contributed by atoms with Gasteiger partial charge in [0.2, 0.25) is 0 Å². The number of anilines is 2. The van der Waals surface area contributed by atoms with Gasteiger partial charge in [-0.3, -0.25) is 0 Å². The van der Waals surface area contributed by atoms with Crippen LogP contribution in [-0.2, 0) is 0 Å². The summed E-state index contributed by atoms with van der Waals surface area (Å²) in [7, 11) is 0. The fourth-order valence-electron chi connectivity index (χ4n) is 2.08. The monoisotopic (exact) mass is 262 g/mol. The maximum absolute atomic E-state index is 8.77. The third kappa shape index (κ3) is 2.62. The molecule has 0 aliphatic heterocycles. The fraction of sp³-hybridized carbons (Fsp3) is 0.125. The zero-order valence-corrected chi connectivity index (χ0v) is 11.0. The molecule has 4 heteroatoms. The first-order chi connectivity index (χ1) is 9.85. The maximum atomic E-state index is 8.77. The van der Waals surface area contributed by atoms with Crippen LogP contribution < -0.4 is 5.32 Å². The molecule has 4 nitrogen and oxygen atoms in total. The third-order valence-corrected chi connectivity index (χ3v) is 3.12. The topological polar surface area (TPSA) is 53.6 Å². The quantitative estimate of drug-likeness (QED) is 0.917. The number of allylic oxidation sites excluding steroid dienone is 4. The lowest BCUT2D eigenvalue weighted by atomic mass is 10.1. The van der Waals surface area contributed by atoms with Crippen LogP contribution in [0, 0.1) is 11.3 Å². The first-order valence-electron chi connectivity index (χ1n) is 6.55. The summed E-state index contributed by atoms with van der Waals surface area (Å²) in [4.78, 5) is 0. The van der Waals surface area contributed by atoms with Gasteiger partial charge in [0, 0.05) is 18.0 Å². The molecule has 0 spiro atoms. The minimum absolute atomic E-state index is 0.651. The van der Waals surface area contributed by atoms with Crippen molar-refractivity contribution in [1.29, 1.82) is 5.26 Å². The molecule has 0 atom stereocenters. The van der Waals surface area contributed by atoms with Crippen molar-refractivity contribution in [2.75, 3.05) is 5.32 Å². The molecule has 1 aromatic heterocycles. The second-order valence-electron chi connectivity index (χ2n) is 4.57. The van der Waals surface area contributed by atoms with Gasteiger partial charge in [-0.2, -0.15) is 10.4 Å². The van der Waals surface area contributed by atoms with Crippen molar-refractivity contribution in [1.82, 2.24) is 9.78 Å². The SMILES string of the molecule is N#Cc1ccc(Nc2ccn(C3=CCCC=C3)n2)cc1. The van der Waals surface area contributed by atoms with E-state index in [1.54, 1.807) is 12.1 Å². The highest BCUT2D eigenvalue weighted by Gasteiger charge is 2.04. The van der Waals surface area contributed by atoms with Crippen LogP contribution in [0.15, 0.2) is 54.8 Å². The molecule has 0 amide bonds. The first-order valence-corrected chi connectivity index (χ1v) is 6.55. The Balaban J connectivity index is 1.75. The number of hydrogen-bond donors (Lipinski definition) is 1. The van der Waals surface area contributed by atoms with E-state index in [0.717, 1.165) is 30.0 Å². The van der Waals surface area contributed by atoms with Crippen LogP contribution in [-0.4, -0.2) is 9.78 Å². The highest BCUT2D eigenvalue weighted by Crippen LogP contribution is 2.18. The number of benzene rings is 1. The van der Waals surface area contributed by atoms with Crippen LogP contribution in [0.25, 0.3) is 5.70 Å². The van der Waals surface area contributed by atoms with Gasteiger partial charge in [-0.15, -0.1) is 0 Å². The van der Waals surface area contributed by atoms with Crippen molar-refractivity contribution in [2.45, 2.75) is 12.8 Å². The largest absolute Gasteiger partial charge is 0.339 e. The van der Waals surface area contributed by atoms with Gasteiger partial charge in [0.25, 0.3) is 0 Å². The fourth-order valence-corrected chi connectivity index (χ4v) is 2.08. The van der Waals surface area contributed by atoms with Crippen molar-refractivity contribution < 1.29 is 0 Å². The lowest BCUT2D eigenvalue weighted by molar-refractivity contribution is 0.892. The predicted molar refractivity (Wildman–Crippen MR) is 79.3 cm³/mol. The molecule has 98 valence electrons. The molecule has 1 heterocycles. The molecule has 20 heavy (non-hydrogen) atoms. The minimum atomic E-state index is 0.651. The van der Waals surface area contributed by atoms with E-state index in [1.807, 2.05) is 29.1 Å². The summed E-state index contributed by atoms with van der Waals surface area (Å²) in [5.74, 6) is 0.787. The second kappa shape index (κ2) is 5.45. The number of nitrogens with zero attached hydrogens (tertiary/aromatic N) is 3. The molecule has 2 aromatic rings. The molecule has 1 N–H and O–H groups in total.